The number of anilines is 1. The zero-order valence-electron chi connectivity index (χ0n) is 10.2. The molecule has 20 heavy (non-hydrogen) atoms. The van der Waals surface area contributed by atoms with Crippen molar-refractivity contribution in [3.8, 4) is 5.75 Å². The van der Waals surface area contributed by atoms with Gasteiger partial charge in [0.15, 0.2) is 5.75 Å². The summed E-state index contributed by atoms with van der Waals surface area (Å²) in [6.07, 6.45) is 1.33. The highest BCUT2D eigenvalue weighted by Gasteiger charge is 2.15. The summed E-state index contributed by atoms with van der Waals surface area (Å²) in [6, 6.07) is 4.43. The van der Waals surface area contributed by atoms with E-state index in [1.54, 1.807) is 6.92 Å². The van der Waals surface area contributed by atoms with Crippen LogP contribution in [0, 0.1) is 6.92 Å². The minimum atomic E-state index is -0.458. The maximum atomic E-state index is 12.0. The molecule has 2 aromatic rings. The molecule has 7 heteroatoms. The van der Waals surface area contributed by atoms with E-state index in [0.29, 0.717) is 16.1 Å². The molecular weight excluding hydrogens is 323 g/mol. The number of aromatic hydroxyl groups is 1. The molecule has 1 aromatic carbocycles. The van der Waals surface area contributed by atoms with Crippen LogP contribution in [0.3, 0.4) is 0 Å². The average molecular weight is 332 g/mol. The van der Waals surface area contributed by atoms with Crippen LogP contribution in [0.2, 0.25) is 15.2 Å². The molecule has 0 unspecified atom stereocenters. The average Bonchev–Trinajstić information content (AvgIpc) is 2.43. The Balaban J connectivity index is 2.31. The molecule has 0 saturated heterocycles. The summed E-state index contributed by atoms with van der Waals surface area (Å²) >= 11 is 17.5. The van der Waals surface area contributed by atoms with Crippen molar-refractivity contribution in [1.29, 1.82) is 0 Å². The molecule has 4 nitrogen and oxygen atoms in total. The lowest BCUT2D eigenvalue weighted by molar-refractivity contribution is 0.102. The molecule has 1 heterocycles. The van der Waals surface area contributed by atoms with E-state index in [-0.39, 0.29) is 21.6 Å². The first-order valence-electron chi connectivity index (χ1n) is 5.50. The molecule has 1 amide bonds. The number of pyridine rings is 1. The van der Waals surface area contributed by atoms with E-state index in [4.69, 9.17) is 34.8 Å². The number of aromatic nitrogens is 1. The number of rotatable bonds is 2. The van der Waals surface area contributed by atoms with Gasteiger partial charge in [0.1, 0.15) is 5.15 Å². The Labute approximate surface area is 130 Å². The molecule has 0 fully saturated rings. The first kappa shape index (κ1) is 14.9. The number of phenolic OH excluding ortho intramolecular Hbond substituents is 1. The van der Waals surface area contributed by atoms with E-state index in [1.807, 2.05) is 0 Å². The maximum Gasteiger partial charge on any atom is 0.257 e. The summed E-state index contributed by atoms with van der Waals surface area (Å²) < 4.78 is 0. The Hall–Kier alpha value is -1.49. The molecule has 0 radical (unpaired) electrons. The fourth-order valence-corrected chi connectivity index (χ4v) is 2.07. The highest BCUT2D eigenvalue weighted by molar-refractivity contribution is 6.37. The van der Waals surface area contributed by atoms with Gasteiger partial charge in [0, 0.05) is 11.2 Å². The molecule has 2 N–H and O–H groups in total. The second-order valence-corrected chi connectivity index (χ2v) is 5.19. The van der Waals surface area contributed by atoms with Crippen molar-refractivity contribution in [1.82, 2.24) is 4.98 Å². The Kier molecular flexibility index (Phi) is 4.38. The number of nitrogens with one attached hydrogen (secondary N) is 1. The summed E-state index contributed by atoms with van der Waals surface area (Å²) in [6.45, 7) is 1.67. The third-order valence-electron chi connectivity index (χ3n) is 2.66. The van der Waals surface area contributed by atoms with E-state index in [0.717, 1.165) is 0 Å². The van der Waals surface area contributed by atoms with Crippen LogP contribution in [0.15, 0.2) is 24.4 Å². The summed E-state index contributed by atoms with van der Waals surface area (Å²) in [7, 11) is 0. The Bertz CT molecular complexity index is 672. The van der Waals surface area contributed by atoms with Crippen LogP contribution in [-0.2, 0) is 0 Å². The second-order valence-electron chi connectivity index (χ2n) is 4.02. The van der Waals surface area contributed by atoms with Gasteiger partial charge in [-0.3, -0.25) is 4.79 Å². The predicted octanol–water partition coefficient (Wildman–Crippen LogP) is 4.31. The number of carbonyl (C=O) groups excluding carboxylic acids is 1. The van der Waals surface area contributed by atoms with Gasteiger partial charge in [-0.25, -0.2) is 4.98 Å². The molecule has 0 bridgehead atoms. The third-order valence-corrected chi connectivity index (χ3v) is 3.74. The number of phenols is 1. The SMILES string of the molecule is Cc1c(Cl)cc(NC(=O)c2ccc(Cl)nc2)c(O)c1Cl. The molecule has 0 saturated carbocycles. The van der Waals surface area contributed by atoms with Gasteiger partial charge in [-0.1, -0.05) is 34.8 Å². The van der Waals surface area contributed by atoms with Crippen LogP contribution in [0.1, 0.15) is 15.9 Å². The first-order chi connectivity index (χ1) is 9.40. The van der Waals surface area contributed by atoms with Gasteiger partial charge in [0.25, 0.3) is 5.91 Å². The molecule has 2 rings (SSSR count). The number of carbonyl (C=O) groups is 1. The number of benzene rings is 1. The standard InChI is InChI=1S/C13H9Cl3N2O2/c1-6-8(14)4-9(12(19)11(6)16)18-13(20)7-2-3-10(15)17-5-7/h2-5,19H,1H3,(H,18,20). The molecule has 0 spiro atoms. The van der Waals surface area contributed by atoms with Crippen LogP contribution in [0.25, 0.3) is 0 Å². The van der Waals surface area contributed by atoms with Crippen molar-refractivity contribution >= 4 is 46.4 Å². The van der Waals surface area contributed by atoms with Crippen LogP contribution >= 0.6 is 34.8 Å². The molecule has 1 aromatic heterocycles. The van der Waals surface area contributed by atoms with Gasteiger partial charge in [0.05, 0.1) is 16.3 Å². The lowest BCUT2D eigenvalue weighted by Crippen LogP contribution is -2.12. The summed E-state index contributed by atoms with van der Waals surface area (Å²) in [5.74, 6) is -0.690. The summed E-state index contributed by atoms with van der Waals surface area (Å²) in [4.78, 5) is 15.8. The van der Waals surface area contributed by atoms with Crippen molar-refractivity contribution in [3.63, 3.8) is 0 Å². The van der Waals surface area contributed by atoms with Crippen molar-refractivity contribution in [2.75, 3.05) is 5.32 Å². The van der Waals surface area contributed by atoms with E-state index >= 15 is 0 Å². The van der Waals surface area contributed by atoms with Crippen LogP contribution in [0.4, 0.5) is 5.69 Å². The fraction of sp³-hybridized carbons (Fsp3) is 0.0769. The van der Waals surface area contributed by atoms with E-state index in [9.17, 15) is 9.90 Å². The van der Waals surface area contributed by atoms with E-state index in [1.165, 1.54) is 24.4 Å². The lowest BCUT2D eigenvalue weighted by atomic mass is 10.2. The summed E-state index contributed by atoms with van der Waals surface area (Å²) in [5, 5.41) is 13.1. The quantitative estimate of drug-likeness (QED) is 0.637. The second kappa shape index (κ2) is 5.87. The Morgan fingerprint density at radius 1 is 1.30 bits per heavy atom. The highest BCUT2D eigenvalue weighted by Crippen LogP contribution is 2.38. The van der Waals surface area contributed by atoms with Crippen molar-refractivity contribution in [2.45, 2.75) is 6.92 Å². The molecule has 0 aliphatic heterocycles. The number of nitrogens with zero attached hydrogens (tertiary/aromatic N) is 1. The third kappa shape index (κ3) is 2.98. The predicted molar refractivity (Wildman–Crippen MR) is 80.1 cm³/mol. The largest absolute Gasteiger partial charge is 0.504 e. The minimum absolute atomic E-state index is 0.0991. The summed E-state index contributed by atoms with van der Waals surface area (Å²) in [5.41, 5.74) is 0.962. The topological polar surface area (TPSA) is 62.2 Å². The van der Waals surface area contributed by atoms with Crippen LogP contribution < -0.4 is 5.32 Å². The van der Waals surface area contributed by atoms with E-state index in [2.05, 4.69) is 10.3 Å². The molecular formula is C13H9Cl3N2O2. The zero-order chi connectivity index (χ0) is 14.9. The monoisotopic (exact) mass is 330 g/mol. The van der Waals surface area contributed by atoms with Crippen molar-refractivity contribution in [2.24, 2.45) is 0 Å². The van der Waals surface area contributed by atoms with Gasteiger partial charge in [-0.05, 0) is 30.7 Å². The smallest absolute Gasteiger partial charge is 0.257 e. The highest BCUT2D eigenvalue weighted by atomic mass is 35.5. The van der Waals surface area contributed by atoms with Gasteiger partial charge in [-0.15, -0.1) is 0 Å². The lowest BCUT2D eigenvalue weighted by Gasteiger charge is -2.11. The maximum absolute atomic E-state index is 12.0. The van der Waals surface area contributed by atoms with E-state index < -0.39 is 5.91 Å². The normalized spacial score (nSPS) is 10.4. The molecule has 0 aliphatic rings. The molecule has 104 valence electrons. The minimum Gasteiger partial charge on any atom is -0.504 e. The molecule has 0 aliphatic carbocycles. The molecule has 0 atom stereocenters. The van der Waals surface area contributed by atoms with Crippen molar-refractivity contribution in [3.05, 3.63) is 50.7 Å². The van der Waals surface area contributed by atoms with Crippen LogP contribution in [-0.4, -0.2) is 16.0 Å². The Morgan fingerprint density at radius 2 is 2.00 bits per heavy atom. The van der Waals surface area contributed by atoms with Gasteiger partial charge >= 0.3 is 0 Å². The number of hydrogen-bond acceptors (Lipinski definition) is 3. The fourth-order valence-electron chi connectivity index (χ4n) is 1.50. The zero-order valence-corrected chi connectivity index (χ0v) is 12.5. The van der Waals surface area contributed by atoms with Crippen molar-refractivity contribution < 1.29 is 9.90 Å². The van der Waals surface area contributed by atoms with Crippen LogP contribution in [0.5, 0.6) is 5.75 Å². The first-order valence-corrected chi connectivity index (χ1v) is 6.64. The van der Waals surface area contributed by atoms with Gasteiger partial charge in [0.2, 0.25) is 0 Å². The number of hydrogen-bond donors (Lipinski definition) is 2. The van der Waals surface area contributed by atoms with Gasteiger partial charge in [-0.2, -0.15) is 0 Å². The van der Waals surface area contributed by atoms with Gasteiger partial charge < -0.3 is 10.4 Å². The number of halogens is 3. The Morgan fingerprint density at radius 3 is 2.60 bits per heavy atom. The number of amides is 1.